The quantitative estimate of drug-likeness (QED) is 0.767. The number of fused-ring (bicyclic) bond motifs is 1. The predicted octanol–water partition coefficient (Wildman–Crippen LogP) is 1.79. The summed E-state index contributed by atoms with van der Waals surface area (Å²) in [4.78, 5) is 13.7. The fourth-order valence-corrected chi connectivity index (χ4v) is 2.33. The van der Waals surface area contributed by atoms with Gasteiger partial charge in [-0.15, -0.1) is 0 Å². The van der Waals surface area contributed by atoms with Gasteiger partial charge in [-0.05, 0) is 23.1 Å². The van der Waals surface area contributed by atoms with E-state index in [0.29, 0.717) is 11.6 Å². The first-order chi connectivity index (χ1) is 7.56. The van der Waals surface area contributed by atoms with E-state index >= 15 is 0 Å². The maximum atomic E-state index is 11.0. The van der Waals surface area contributed by atoms with Crippen LogP contribution in [0, 0.1) is 5.41 Å². The van der Waals surface area contributed by atoms with Crippen molar-refractivity contribution in [2.24, 2.45) is 5.41 Å². The summed E-state index contributed by atoms with van der Waals surface area (Å²) in [6.45, 7) is 5.49. The zero-order valence-electron chi connectivity index (χ0n) is 9.33. The van der Waals surface area contributed by atoms with E-state index in [1.807, 2.05) is 18.2 Å². The summed E-state index contributed by atoms with van der Waals surface area (Å²) in [5, 5.41) is 3.40. The van der Waals surface area contributed by atoms with Gasteiger partial charge in [0.05, 0.1) is 5.52 Å². The standard InChI is InChI=1S/C12H14N2O2/c1-12(2)6-13-10(12)7-3-4-9-8(5-7)14-11(15)16-9/h3-5,10,13H,6H2,1-2H3,(H,14,15). The Morgan fingerprint density at radius 1 is 1.44 bits per heavy atom. The highest BCUT2D eigenvalue weighted by molar-refractivity contribution is 5.73. The summed E-state index contributed by atoms with van der Waals surface area (Å²) >= 11 is 0. The molecule has 0 spiro atoms. The van der Waals surface area contributed by atoms with Gasteiger partial charge < -0.3 is 9.73 Å². The van der Waals surface area contributed by atoms with Gasteiger partial charge in [-0.2, -0.15) is 0 Å². The first-order valence-electron chi connectivity index (χ1n) is 5.42. The second kappa shape index (κ2) is 2.98. The largest absolute Gasteiger partial charge is 0.417 e. The highest BCUT2D eigenvalue weighted by Gasteiger charge is 2.39. The van der Waals surface area contributed by atoms with Crippen molar-refractivity contribution in [2.45, 2.75) is 19.9 Å². The Labute approximate surface area is 92.7 Å². The molecule has 1 aliphatic heterocycles. The molecule has 1 aromatic heterocycles. The monoisotopic (exact) mass is 218 g/mol. The van der Waals surface area contributed by atoms with Crippen molar-refractivity contribution < 1.29 is 4.42 Å². The van der Waals surface area contributed by atoms with Crippen molar-refractivity contribution in [1.82, 2.24) is 10.3 Å². The molecule has 1 aliphatic rings. The lowest BCUT2D eigenvalue weighted by Gasteiger charge is -2.46. The molecule has 1 atom stereocenters. The first kappa shape index (κ1) is 9.66. The van der Waals surface area contributed by atoms with Crippen molar-refractivity contribution in [3.8, 4) is 0 Å². The van der Waals surface area contributed by atoms with Crippen LogP contribution in [-0.4, -0.2) is 11.5 Å². The summed E-state index contributed by atoms with van der Waals surface area (Å²) in [5.74, 6) is -0.395. The molecule has 3 rings (SSSR count). The molecule has 0 radical (unpaired) electrons. The number of hydrogen-bond donors (Lipinski definition) is 2. The van der Waals surface area contributed by atoms with Crippen LogP contribution in [0.1, 0.15) is 25.5 Å². The van der Waals surface area contributed by atoms with Crippen LogP contribution in [0.2, 0.25) is 0 Å². The number of oxazole rings is 1. The zero-order valence-corrected chi connectivity index (χ0v) is 9.33. The number of hydrogen-bond acceptors (Lipinski definition) is 3. The number of rotatable bonds is 1. The van der Waals surface area contributed by atoms with Crippen LogP contribution in [0.4, 0.5) is 0 Å². The smallest absolute Gasteiger partial charge is 0.408 e. The third-order valence-electron chi connectivity index (χ3n) is 3.32. The zero-order chi connectivity index (χ0) is 11.3. The summed E-state index contributed by atoms with van der Waals surface area (Å²) in [7, 11) is 0. The molecule has 0 amide bonds. The summed E-state index contributed by atoms with van der Waals surface area (Å²) in [5.41, 5.74) is 2.86. The third kappa shape index (κ3) is 1.30. The lowest BCUT2D eigenvalue weighted by molar-refractivity contribution is 0.128. The number of aromatic amines is 1. The molecule has 0 saturated carbocycles. The van der Waals surface area contributed by atoms with Crippen LogP contribution in [0.15, 0.2) is 27.4 Å². The minimum absolute atomic E-state index is 0.276. The van der Waals surface area contributed by atoms with E-state index in [4.69, 9.17) is 4.42 Å². The van der Waals surface area contributed by atoms with Gasteiger partial charge >= 0.3 is 5.76 Å². The molecule has 16 heavy (non-hydrogen) atoms. The van der Waals surface area contributed by atoms with E-state index in [-0.39, 0.29) is 5.41 Å². The second-order valence-corrected chi connectivity index (χ2v) is 5.07. The normalized spacial score (nSPS) is 23.2. The number of benzene rings is 1. The van der Waals surface area contributed by atoms with Crippen molar-refractivity contribution in [3.05, 3.63) is 34.3 Å². The second-order valence-electron chi connectivity index (χ2n) is 5.07. The number of nitrogens with one attached hydrogen (secondary N) is 2. The predicted molar refractivity (Wildman–Crippen MR) is 61.4 cm³/mol. The highest BCUT2D eigenvalue weighted by atomic mass is 16.4. The van der Waals surface area contributed by atoms with E-state index in [1.165, 1.54) is 5.56 Å². The van der Waals surface area contributed by atoms with E-state index in [2.05, 4.69) is 24.1 Å². The van der Waals surface area contributed by atoms with Crippen molar-refractivity contribution in [2.75, 3.05) is 6.54 Å². The molecule has 1 unspecified atom stereocenters. The topological polar surface area (TPSA) is 58.0 Å². The Morgan fingerprint density at radius 2 is 2.25 bits per heavy atom. The fraction of sp³-hybridized carbons (Fsp3) is 0.417. The Morgan fingerprint density at radius 3 is 2.88 bits per heavy atom. The minimum atomic E-state index is -0.395. The summed E-state index contributed by atoms with van der Waals surface area (Å²) in [6.07, 6.45) is 0. The van der Waals surface area contributed by atoms with Gasteiger partial charge in [-0.3, -0.25) is 4.98 Å². The Bertz CT molecular complexity index is 594. The van der Waals surface area contributed by atoms with Gasteiger partial charge in [0.1, 0.15) is 0 Å². The lowest BCUT2D eigenvalue weighted by Crippen LogP contribution is -2.52. The molecule has 0 bridgehead atoms. The number of H-pyrrole nitrogens is 1. The average Bonchev–Trinajstić information content (AvgIpc) is 2.56. The SMILES string of the molecule is CC1(C)CNC1c1ccc2oc(=O)[nH]c2c1. The van der Waals surface area contributed by atoms with Gasteiger partial charge in [0.25, 0.3) is 0 Å². The van der Waals surface area contributed by atoms with Gasteiger partial charge in [0.2, 0.25) is 0 Å². The summed E-state index contributed by atoms with van der Waals surface area (Å²) < 4.78 is 4.97. The van der Waals surface area contributed by atoms with Gasteiger partial charge in [-0.1, -0.05) is 19.9 Å². The molecule has 2 heterocycles. The third-order valence-corrected chi connectivity index (χ3v) is 3.32. The van der Waals surface area contributed by atoms with E-state index in [9.17, 15) is 4.79 Å². The molecule has 4 heteroatoms. The molecule has 2 aromatic rings. The van der Waals surface area contributed by atoms with Crippen LogP contribution in [0.25, 0.3) is 11.1 Å². The molecule has 1 aromatic carbocycles. The molecular weight excluding hydrogens is 204 g/mol. The van der Waals surface area contributed by atoms with Crippen LogP contribution in [0.5, 0.6) is 0 Å². The van der Waals surface area contributed by atoms with Crippen molar-refractivity contribution in [1.29, 1.82) is 0 Å². The molecule has 84 valence electrons. The Balaban J connectivity index is 2.08. The van der Waals surface area contributed by atoms with Gasteiger partial charge in [-0.25, -0.2) is 4.79 Å². The maximum absolute atomic E-state index is 11.0. The minimum Gasteiger partial charge on any atom is -0.408 e. The molecular formula is C12H14N2O2. The van der Waals surface area contributed by atoms with Crippen LogP contribution in [0.3, 0.4) is 0 Å². The average molecular weight is 218 g/mol. The molecule has 4 nitrogen and oxygen atoms in total. The van der Waals surface area contributed by atoms with Crippen molar-refractivity contribution >= 4 is 11.1 Å². The maximum Gasteiger partial charge on any atom is 0.417 e. The summed E-state index contributed by atoms with van der Waals surface area (Å²) in [6, 6.07) is 6.20. The Hall–Kier alpha value is -1.55. The number of aromatic nitrogens is 1. The van der Waals surface area contributed by atoms with E-state index in [1.54, 1.807) is 0 Å². The van der Waals surface area contributed by atoms with Crippen LogP contribution in [-0.2, 0) is 0 Å². The first-order valence-corrected chi connectivity index (χ1v) is 5.42. The fourth-order valence-electron chi connectivity index (χ4n) is 2.33. The van der Waals surface area contributed by atoms with Crippen LogP contribution >= 0.6 is 0 Å². The van der Waals surface area contributed by atoms with Gasteiger partial charge in [0, 0.05) is 12.6 Å². The van der Waals surface area contributed by atoms with Crippen molar-refractivity contribution in [3.63, 3.8) is 0 Å². The lowest BCUT2D eigenvalue weighted by atomic mass is 9.74. The van der Waals surface area contributed by atoms with E-state index in [0.717, 1.165) is 12.1 Å². The van der Waals surface area contributed by atoms with Gasteiger partial charge in [0.15, 0.2) is 5.58 Å². The Kier molecular flexibility index (Phi) is 1.80. The molecule has 0 aliphatic carbocycles. The molecule has 2 N–H and O–H groups in total. The van der Waals surface area contributed by atoms with E-state index < -0.39 is 5.76 Å². The van der Waals surface area contributed by atoms with Crippen LogP contribution < -0.4 is 11.1 Å². The molecule has 1 fully saturated rings. The highest BCUT2D eigenvalue weighted by Crippen LogP contribution is 2.40. The molecule has 1 saturated heterocycles.